The van der Waals surface area contributed by atoms with Crippen LogP contribution in [0.5, 0.6) is 5.75 Å². The number of sulfonamides is 1. The van der Waals surface area contributed by atoms with E-state index < -0.39 is 10.0 Å². The van der Waals surface area contributed by atoms with E-state index in [1.54, 1.807) is 60.7 Å². The molecule has 1 aliphatic heterocycles. The molecular weight excluding hydrogens is 448 g/mol. The lowest BCUT2D eigenvalue weighted by atomic mass is 10.1. The number of ether oxygens (including phenoxy) is 1. The smallest absolute Gasteiger partial charge is 0.264 e. The molecule has 4 rings (SSSR count). The summed E-state index contributed by atoms with van der Waals surface area (Å²) in [6.45, 7) is 6.09. The fourth-order valence-electron chi connectivity index (χ4n) is 4.05. The maximum atomic E-state index is 13.6. The van der Waals surface area contributed by atoms with Gasteiger partial charge in [0.15, 0.2) is 0 Å². The molecule has 1 fully saturated rings. The van der Waals surface area contributed by atoms with Gasteiger partial charge in [0.25, 0.3) is 15.9 Å². The predicted molar refractivity (Wildman–Crippen MR) is 134 cm³/mol. The van der Waals surface area contributed by atoms with Crippen molar-refractivity contribution in [3.63, 3.8) is 0 Å². The zero-order valence-corrected chi connectivity index (χ0v) is 20.4. The van der Waals surface area contributed by atoms with E-state index in [9.17, 15) is 13.2 Å². The number of nitrogens with zero attached hydrogens (tertiary/aromatic N) is 2. The Kier molecular flexibility index (Phi) is 7.22. The Morgan fingerprint density at radius 3 is 2.12 bits per heavy atom. The lowest BCUT2D eigenvalue weighted by Crippen LogP contribution is -2.30. The van der Waals surface area contributed by atoms with E-state index >= 15 is 0 Å². The highest BCUT2D eigenvalue weighted by Gasteiger charge is 2.26. The van der Waals surface area contributed by atoms with Crippen molar-refractivity contribution in [2.75, 3.05) is 24.0 Å². The van der Waals surface area contributed by atoms with Crippen molar-refractivity contribution in [1.29, 1.82) is 0 Å². The minimum absolute atomic E-state index is 0.0275. The second-order valence-electron chi connectivity index (χ2n) is 8.45. The summed E-state index contributed by atoms with van der Waals surface area (Å²) in [6, 6.07) is 21.1. The van der Waals surface area contributed by atoms with Crippen LogP contribution in [0.1, 0.15) is 41.3 Å². The van der Waals surface area contributed by atoms with Crippen molar-refractivity contribution in [3.8, 4) is 5.75 Å². The second-order valence-corrected chi connectivity index (χ2v) is 10.3. The molecule has 1 saturated heterocycles. The molecular formula is C27H30N2O4S. The Morgan fingerprint density at radius 2 is 1.53 bits per heavy atom. The Bertz CT molecular complexity index is 1220. The lowest BCUT2D eigenvalue weighted by Gasteiger charge is -2.25. The van der Waals surface area contributed by atoms with Gasteiger partial charge in [-0.05, 0) is 80.8 Å². The molecule has 1 heterocycles. The lowest BCUT2D eigenvalue weighted by molar-refractivity contribution is 0.0793. The summed E-state index contributed by atoms with van der Waals surface area (Å²) in [7, 11) is -3.82. The third kappa shape index (κ3) is 5.25. The third-order valence-corrected chi connectivity index (χ3v) is 7.75. The highest BCUT2D eigenvalue weighted by atomic mass is 32.2. The van der Waals surface area contributed by atoms with E-state index in [1.807, 2.05) is 30.9 Å². The highest BCUT2D eigenvalue weighted by Crippen LogP contribution is 2.28. The SMILES string of the molecule is CCOc1ccc(N(Cc2ccc(C(=O)N3CCCC3)cc2)S(=O)(=O)c2ccc(C)cc2)cc1. The first kappa shape index (κ1) is 23.8. The number of benzene rings is 3. The Labute approximate surface area is 201 Å². The van der Waals surface area contributed by atoms with Crippen molar-refractivity contribution < 1.29 is 17.9 Å². The van der Waals surface area contributed by atoms with E-state index in [0.717, 1.165) is 37.1 Å². The van der Waals surface area contributed by atoms with Crippen molar-refractivity contribution >= 4 is 21.6 Å². The molecule has 0 spiro atoms. The van der Waals surface area contributed by atoms with Crippen LogP contribution in [0.4, 0.5) is 5.69 Å². The number of amides is 1. The number of anilines is 1. The molecule has 0 bridgehead atoms. The zero-order chi connectivity index (χ0) is 24.1. The van der Waals surface area contributed by atoms with Gasteiger partial charge in [0.1, 0.15) is 5.75 Å². The van der Waals surface area contributed by atoms with Crippen LogP contribution in [0, 0.1) is 6.92 Å². The van der Waals surface area contributed by atoms with Gasteiger partial charge >= 0.3 is 0 Å². The first-order chi connectivity index (χ1) is 16.4. The number of rotatable bonds is 8. The fourth-order valence-corrected chi connectivity index (χ4v) is 5.50. The molecule has 3 aromatic rings. The van der Waals surface area contributed by atoms with Crippen molar-refractivity contribution in [2.24, 2.45) is 0 Å². The highest BCUT2D eigenvalue weighted by molar-refractivity contribution is 7.92. The van der Waals surface area contributed by atoms with Crippen LogP contribution in [0.3, 0.4) is 0 Å². The zero-order valence-electron chi connectivity index (χ0n) is 19.6. The average molecular weight is 479 g/mol. The molecule has 7 heteroatoms. The van der Waals surface area contributed by atoms with E-state index in [0.29, 0.717) is 23.6 Å². The van der Waals surface area contributed by atoms with Crippen LogP contribution >= 0.6 is 0 Å². The average Bonchev–Trinajstić information content (AvgIpc) is 3.39. The van der Waals surface area contributed by atoms with Crippen molar-refractivity contribution in [1.82, 2.24) is 4.90 Å². The summed E-state index contributed by atoms with van der Waals surface area (Å²) in [6.07, 6.45) is 2.08. The largest absolute Gasteiger partial charge is 0.494 e. The fraction of sp³-hybridized carbons (Fsp3) is 0.296. The standard InChI is InChI=1S/C27H30N2O4S/c1-3-33-25-14-12-24(13-15-25)29(34(31,32)26-16-6-21(2)7-17-26)20-22-8-10-23(11-9-22)27(30)28-18-4-5-19-28/h6-17H,3-5,18-20H2,1-2H3. The number of carbonyl (C=O) groups excluding carboxylic acids is 1. The number of aryl methyl sites for hydroxylation is 1. The van der Waals surface area contributed by atoms with Gasteiger partial charge in [-0.1, -0.05) is 29.8 Å². The molecule has 34 heavy (non-hydrogen) atoms. The monoisotopic (exact) mass is 478 g/mol. The molecule has 178 valence electrons. The molecule has 0 unspecified atom stereocenters. The summed E-state index contributed by atoms with van der Waals surface area (Å²) in [5, 5.41) is 0. The van der Waals surface area contributed by atoms with Gasteiger partial charge in [0.2, 0.25) is 0 Å². The van der Waals surface area contributed by atoms with Crippen LogP contribution in [0.25, 0.3) is 0 Å². The normalized spacial score (nSPS) is 13.6. The number of carbonyl (C=O) groups is 1. The molecule has 1 amide bonds. The van der Waals surface area contributed by atoms with Crippen molar-refractivity contribution in [2.45, 2.75) is 38.1 Å². The summed E-state index contributed by atoms with van der Waals surface area (Å²) in [4.78, 5) is 14.8. The Balaban J connectivity index is 1.64. The molecule has 0 aliphatic carbocycles. The third-order valence-electron chi connectivity index (χ3n) is 5.97. The van der Waals surface area contributed by atoms with E-state index in [-0.39, 0.29) is 17.3 Å². The Hall–Kier alpha value is -3.32. The Morgan fingerprint density at radius 1 is 0.912 bits per heavy atom. The molecule has 0 aromatic heterocycles. The molecule has 0 radical (unpaired) electrons. The van der Waals surface area contributed by atoms with Gasteiger partial charge in [-0.2, -0.15) is 0 Å². The molecule has 1 aliphatic rings. The number of hydrogen-bond donors (Lipinski definition) is 0. The first-order valence-electron chi connectivity index (χ1n) is 11.6. The van der Waals surface area contributed by atoms with Crippen LogP contribution in [0.2, 0.25) is 0 Å². The van der Waals surface area contributed by atoms with E-state index in [4.69, 9.17) is 4.74 Å². The predicted octanol–water partition coefficient (Wildman–Crippen LogP) is 5.03. The molecule has 0 N–H and O–H groups in total. The van der Waals surface area contributed by atoms with Gasteiger partial charge in [0, 0.05) is 18.7 Å². The van der Waals surface area contributed by atoms with Crippen LogP contribution < -0.4 is 9.04 Å². The van der Waals surface area contributed by atoms with Gasteiger partial charge in [0.05, 0.1) is 23.7 Å². The summed E-state index contributed by atoms with van der Waals surface area (Å²) in [5.41, 5.74) is 2.95. The summed E-state index contributed by atoms with van der Waals surface area (Å²) in [5.74, 6) is 0.711. The maximum absolute atomic E-state index is 13.6. The molecule has 3 aromatic carbocycles. The molecule has 6 nitrogen and oxygen atoms in total. The summed E-state index contributed by atoms with van der Waals surface area (Å²) < 4.78 is 34.2. The van der Waals surface area contributed by atoms with Gasteiger partial charge in [-0.25, -0.2) is 8.42 Å². The molecule has 0 saturated carbocycles. The van der Waals surface area contributed by atoms with Crippen LogP contribution in [-0.4, -0.2) is 38.9 Å². The second kappa shape index (κ2) is 10.3. The van der Waals surface area contributed by atoms with Gasteiger partial charge in [-0.15, -0.1) is 0 Å². The first-order valence-corrected chi connectivity index (χ1v) is 13.0. The maximum Gasteiger partial charge on any atom is 0.264 e. The van der Waals surface area contributed by atoms with Gasteiger partial charge in [-0.3, -0.25) is 9.10 Å². The van der Waals surface area contributed by atoms with Crippen LogP contribution in [0.15, 0.2) is 77.7 Å². The summed E-state index contributed by atoms with van der Waals surface area (Å²) >= 11 is 0. The minimum Gasteiger partial charge on any atom is -0.494 e. The van der Waals surface area contributed by atoms with E-state index in [2.05, 4.69) is 0 Å². The quantitative estimate of drug-likeness (QED) is 0.456. The molecule has 0 atom stereocenters. The van der Waals surface area contributed by atoms with Gasteiger partial charge < -0.3 is 9.64 Å². The van der Waals surface area contributed by atoms with Crippen molar-refractivity contribution in [3.05, 3.63) is 89.5 Å². The number of hydrogen-bond acceptors (Lipinski definition) is 4. The van der Waals surface area contributed by atoms with Crippen LogP contribution in [-0.2, 0) is 16.6 Å². The minimum atomic E-state index is -3.82. The van der Waals surface area contributed by atoms with E-state index in [1.165, 1.54) is 4.31 Å². The number of likely N-dealkylation sites (tertiary alicyclic amines) is 1. The topological polar surface area (TPSA) is 66.9 Å².